The minimum atomic E-state index is -3.03. The molecule has 5 nitrogen and oxygen atoms in total. The van der Waals surface area contributed by atoms with Gasteiger partial charge in [-0.05, 0) is 18.6 Å². The zero-order valence-corrected chi connectivity index (χ0v) is 10.7. The normalized spacial score (nSPS) is 20.6. The molecule has 1 saturated carbocycles. The quantitative estimate of drug-likeness (QED) is 0.877. The van der Waals surface area contributed by atoms with Crippen molar-refractivity contribution < 1.29 is 28.2 Å². The van der Waals surface area contributed by atoms with Crippen LogP contribution < -0.4 is 10.1 Å². The molecular weight excluding hydrogens is 296 g/mol. The van der Waals surface area contributed by atoms with Crippen LogP contribution in [0, 0.1) is 11.8 Å². The second-order valence-electron chi connectivity index (χ2n) is 4.30. The second-order valence-corrected chi connectivity index (χ2v) is 4.71. The van der Waals surface area contributed by atoms with Crippen LogP contribution in [0.5, 0.6) is 5.75 Å². The highest BCUT2D eigenvalue weighted by Gasteiger charge is 2.48. The highest BCUT2D eigenvalue weighted by molar-refractivity contribution is 6.32. The van der Waals surface area contributed by atoms with E-state index in [-0.39, 0.29) is 22.9 Å². The van der Waals surface area contributed by atoms with Gasteiger partial charge in [0.2, 0.25) is 5.91 Å². The second kappa shape index (κ2) is 5.62. The van der Waals surface area contributed by atoms with Crippen molar-refractivity contribution in [3.8, 4) is 5.75 Å². The number of carboxylic acids is 1. The molecule has 108 valence electrons. The van der Waals surface area contributed by atoms with Crippen LogP contribution in [0.25, 0.3) is 0 Å². The fourth-order valence-corrected chi connectivity index (χ4v) is 1.92. The van der Waals surface area contributed by atoms with Crippen molar-refractivity contribution in [3.63, 3.8) is 0 Å². The molecule has 1 aliphatic carbocycles. The van der Waals surface area contributed by atoms with E-state index in [0.717, 1.165) is 6.07 Å². The number of halogens is 3. The number of alkyl halides is 2. The van der Waals surface area contributed by atoms with Gasteiger partial charge < -0.3 is 15.2 Å². The standard InChI is InChI=1S/C12H10ClF2NO4/c13-8-2-1-5(3-9(8)20-12(14)15)16-10(17)6-4-7(6)11(18)19/h1-3,6-7,12H,4H2,(H,16,17)(H,18,19)/t6-,7-/m0/s1. The molecule has 1 aromatic carbocycles. The number of ether oxygens (including phenoxy) is 1. The topological polar surface area (TPSA) is 75.6 Å². The van der Waals surface area contributed by atoms with Crippen molar-refractivity contribution >= 4 is 29.2 Å². The van der Waals surface area contributed by atoms with Crippen LogP contribution >= 0.6 is 11.6 Å². The number of carbonyl (C=O) groups excluding carboxylic acids is 1. The summed E-state index contributed by atoms with van der Waals surface area (Å²) in [4.78, 5) is 22.4. The summed E-state index contributed by atoms with van der Waals surface area (Å²) in [6, 6.07) is 3.87. The van der Waals surface area contributed by atoms with Gasteiger partial charge in [0.1, 0.15) is 5.75 Å². The lowest BCUT2D eigenvalue weighted by Crippen LogP contribution is -2.16. The van der Waals surface area contributed by atoms with Gasteiger partial charge in [0.15, 0.2) is 0 Å². The number of carboxylic acid groups (broad SMARTS) is 1. The summed E-state index contributed by atoms with van der Waals surface area (Å²) in [5.74, 6) is -3.03. The van der Waals surface area contributed by atoms with Crippen LogP contribution in [0.1, 0.15) is 6.42 Å². The third-order valence-corrected chi connectivity index (χ3v) is 3.17. The van der Waals surface area contributed by atoms with Gasteiger partial charge in [0.25, 0.3) is 0 Å². The molecule has 0 aromatic heterocycles. The van der Waals surface area contributed by atoms with Gasteiger partial charge >= 0.3 is 12.6 Å². The lowest BCUT2D eigenvalue weighted by molar-refractivity contribution is -0.139. The Morgan fingerprint density at radius 2 is 2.10 bits per heavy atom. The van der Waals surface area contributed by atoms with Crippen LogP contribution in [0.4, 0.5) is 14.5 Å². The molecule has 0 aliphatic heterocycles. The van der Waals surface area contributed by atoms with Gasteiger partial charge in [-0.15, -0.1) is 0 Å². The summed E-state index contributed by atoms with van der Waals surface area (Å²) in [5.41, 5.74) is 0.214. The first-order valence-electron chi connectivity index (χ1n) is 5.66. The minimum absolute atomic E-state index is 0.0156. The number of aliphatic carboxylic acids is 1. The maximum Gasteiger partial charge on any atom is 0.387 e. The molecule has 1 aromatic rings. The number of benzene rings is 1. The number of nitrogens with one attached hydrogen (secondary N) is 1. The molecule has 1 fully saturated rings. The summed E-state index contributed by atoms with van der Waals surface area (Å²) in [6.45, 7) is -3.03. The SMILES string of the molecule is O=C(O)[C@H]1C[C@@H]1C(=O)Nc1ccc(Cl)c(OC(F)F)c1. The highest BCUT2D eigenvalue weighted by atomic mass is 35.5. The van der Waals surface area contributed by atoms with Crippen LogP contribution in [-0.2, 0) is 9.59 Å². The average Bonchev–Trinajstić information content (AvgIpc) is 3.13. The Morgan fingerprint density at radius 1 is 1.40 bits per heavy atom. The summed E-state index contributed by atoms with van der Waals surface area (Å²) in [6.07, 6.45) is 0.273. The van der Waals surface area contributed by atoms with Gasteiger partial charge in [-0.25, -0.2) is 0 Å². The number of hydrogen-bond donors (Lipinski definition) is 2. The first-order valence-corrected chi connectivity index (χ1v) is 6.04. The summed E-state index contributed by atoms with van der Waals surface area (Å²) < 4.78 is 28.5. The fourth-order valence-electron chi connectivity index (χ4n) is 1.76. The van der Waals surface area contributed by atoms with Crippen molar-refractivity contribution in [2.45, 2.75) is 13.0 Å². The Hall–Kier alpha value is -1.89. The molecule has 0 unspecified atom stereocenters. The van der Waals surface area contributed by atoms with E-state index in [0.29, 0.717) is 0 Å². The van der Waals surface area contributed by atoms with Crippen molar-refractivity contribution in [2.75, 3.05) is 5.32 Å². The van der Waals surface area contributed by atoms with E-state index in [1.165, 1.54) is 12.1 Å². The lowest BCUT2D eigenvalue weighted by atomic mass is 10.2. The molecule has 2 rings (SSSR count). The zero-order valence-electron chi connectivity index (χ0n) is 9.98. The van der Waals surface area contributed by atoms with E-state index in [1.54, 1.807) is 0 Å². The molecule has 1 aliphatic rings. The molecule has 2 N–H and O–H groups in total. The molecule has 0 heterocycles. The van der Waals surface area contributed by atoms with E-state index in [2.05, 4.69) is 10.1 Å². The first-order chi connectivity index (χ1) is 9.38. The predicted molar refractivity (Wildman–Crippen MR) is 65.9 cm³/mol. The molecular formula is C12H10ClF2NO4. The molecule has 8 heteroatoms. The first kappa shape index (κ1) is 14.5. The molecule has 1 amide bonds. The van der Waals surface area contributed by atoms with Gasteiger partial charge in [-0.3, -0.25) is 9.59 Å². The number of carbonyl (C=O) groups is 2. The summed E-state index contributed by atoms with van der Waals surface area (Å²) in [5, 5.41) is 11.1. The van der Waals surface area contributed by atoms with Crippen molar-refractivity contribution in [1.82, 2.24) is 0 Å². The Bertz CT molecular complexity index is 552. The lowest BCUT2D eigenvalue weighted by Gasteiger charge is -2.10. The third-order valence-electron chi connectivity index (χ3n) is 2.86. The molecule has 0 saturated heterocycles. The molecule has 0 spiro atoms. The highest BCUT2D eigenvalue weighted by Crippen LogP contribution is 2.39. The smallest absolute Gasteiger partial charge is 0.387 e. The fraction of sp³-hybridized carbons (Fsp3) is 0.333. The molecule has 0 radical (unpaired) electrons. The minimum Gasteiger partial charge on any atom is -0.481 e. The predicted octanol–water partition coefficient (Wildman–Crippen LogP) is 2.60. The van der Waals surface area contributed by atoms with Crippen LogP contribution in [-0.4, -0.2) is 23.6 Å². The Balaban J connectivity index is 2.03. The van der Waals surface area contributed by atoms with Gasteiger partial charge in [-0.2, -0.15) is 8.78 Å². The van der Waals surface area contributed by atoms with E-state index >= 15 is 0 Å². The van der Waals surface area contributed by atoms with Gasteiger partial charge in [-0.1, -0.05) is 11.6 Å². The van der Waals surface area contributed by atoms with E-state index in [9.17, 15) is 18.4 Å². The number of hydrogen-bond acceptors (Lipinski definition) is 3. The van der Waals surface area contributed by atoms with E-state index < -0.39 is 30.3 Å². The van der Waals surface area contributed by atoms with Crippen molar-refractivity contribution in [1.29, 1.82) is 0 Å². The number of amides is 1. The largest absolute Gasteiger partial charge is 0.481 e. The monoisotopic (exact) mass is 305 g/mol. The third kappa shape index (κ3) is 3.36. The Labute approximate surface area is 117 Å². The van der Waals surface area contributed by atoms with Crippen LogP contribution in [0.15, 0.2) is 18.2 Å². The average molecular weight is 306 g/mol. The van der Waals surface area contributed by atoms with E-state index in [1.807, 2.05) is 0 Å². The van der Waals surface area contributed by atoms with Crippen molar-refractivity contribution in [2.24, 2.45) is 11.8 Å². The number of rotatable bonds is 5. The Morgan fingerprint density at radius 3 is 2.65 bits per heavy atom. The number of anilines is 1. The zero-order chi connectivity index (χ0) is 14.9. The molecule has 2 atom stereocenters. The summed E-state index contributed by atoms with van der Waals surface area (Å²) >= 11 is 5.67. The van der Waals surface area contributed by atoms with Crippen LogP contribution in [0.2, 0.25) is 5.02 Å². The van der Waals surface area contributed by atoms with Gasteiger partial charge in [0, 0.05) is 11.8 Å². The van der Waals surface area contributed by atoms with Crippen molar-refractivity contribution in [3.05, 3.63) is 23.2 Å². The maximum atomic E-state index is 12.1. The Kier molecular flexibility index (Phi) is 4.08. The van der Waals surface area contributed by atoms with Crippen LogP contribution in [0.3, 0.4) is 0 Å². The summed E-state index contributed by atoms with van der Waals surface area (Å²) in [7, 11) is 0. The molecule has 20 heavy (non-hydrogen) atoms. The maximum absolute atomic E-state index is 12.1. The van der Waals surface area contributed by atoms with E-state index in [4.69, 9.17) is 16.7 Å². The molecule has 0 bridgehead atoms. The van der Waals surface area contributed by atoms with Gasteiger partial charge in [0.05, 0.1) is 16.9 Å².